The Morgan fingerprint density at radius 1 is 0.811 bits per heavy atom. The van der Waals surface area contributed by atoms with Crippen molar-refractivity contribution in [3.63, 3.8) is 0 Å². The number of benzene rings is 4. The molecule has 0 spiro atoms. The van der Waals surface area contributed by atoms with Gasteiger partial charge in [-0.25, -0.2) is 13.2 Å². The molecule has 4 rings (SSSR count). The van der Waals surface area contributed by atoms with Gasteiger partial charge in [-0.15, -0.1) is 0 Å². The van der Waals surface area contributed by atoms with Crippen LogP contribution >= 0.6 is 0 Å². The third-order valence-electron chi connectivity index (χ3n) is 5.82. The third kappa shape index (κ3) is 6.23. The number of nitrogens with one attached hydrogen (secondary N) is 1. The topological polar surface area (TPSA) is 92.8 Å². The zero-order chi connectivity index (χ0) is 26.4. The molecule has 0 radical (unpaired) electrons. The zero-order valence-electron chi connectivity index (χ0n) is 20.4. The molecule has 0 aliphatic carbocycles. The van der Waals surface area contributed by atoms with Crippen LogP contribution in [-0.2, 0) is 21.4 Å². The molecule has 0 aromatic heterocycles. The molecule has 0 aliphatic heterocycles. The SMILES string of the molecule is CN(c1ccc(-c2ccccc2)cc1NC(=O)c1ccccc1COC(=O)c1ccccc1)S(C)(=O)=O. The number of ether oxygens (including phenoxy) is 1. The first kappa shape index (κ1) is 25.7. The zero-order valence-corrected chi connectivity index (χ0v) is 21.2. The highest BCUT2D eigenvalue weighted by Gasteiger charge is 2.20. The summed E-state index contributed by atoms with van der Waals surface area (Å²) in [7, 11) is -2.15. The van der Waals surface area contributed by atoms with E-state index in [1.54, 1.807) is 72.8 Å². The van der Waals surface area contributed by atoms with Crippen molar-refractivity contribution in [2.24, 2.45) is 0 Å². The molecule has 1 N–H and O–H groups in total. The lowest BCUT2D eigenvalue weighted by atomic mass is 10.0. The van der Waals surface area contributed by atoms with Gasteiger partial charge in [-0.3, -0.25) is 9.10 Å². The van der Waals surface area contributed by atoms with E-state index in [2.05, 4.69) is 5.32 Å². The van der Waals surface area contributed by atoms with Crippen LogP contribution in [0.3, 0.4) is 0 Å². The van der Waals surface area contributed by atoms with Crippen molar-refractivity contribution in [2.45, 2.75) is 6.61 Å². The van der Waals surface area contributed by atoms with Crippen molar-refractivity contribution in [2.75, 3.05) is 22.9 Å². The van der Waals surface area contributed by atoms with Gasteiger partial charge in [-0.1, -0.05) is 72.8 Å². The number of amides is 1. The molecular formula is C29H26N2O5S. The van der Waals surface area contributed by atoms with Crippen LogP contribution in [0, 0.1) is 0 Å². The number of anilines is 2. The maximum atomic E-state index is 13.4. The van der Waals surface area contributed by atoms with E-state index < -0.39 is 21.9 Å². The second-order valence-electron chi connectivity index (χ2n) is 8.38. The molecule has 0 saturated heterocycles. The molecule has 0 bridgehead atoms. The molecule has 0 aliphatic rings. The molecule has 0 atom stereocenters. The Bertz CT molecular complexity index is 1520. The van der Waals surface area contributed by atoms with Crippen molar-refractivity contribution in [1.82, 2.24) is 0 Å². The number of hydrogen-bond donors (Lipinski definition) is 1. The Balaban J connectivity index is 1.63. The number of rotatable bonds is 8. The van der Waals surface area contributed by atoms with E-state index >= 15 is 0 Å². The van der Waals surface area contributed by atoms with Gasteiger partial charge in [0, 0.05) is 18.2 Å². The lowest BCUT2D eigenvalue weighted by Crippen LogP contribution is -2.26. The molecule has 0 heterocycles. The van der Waals surface area contributed by atoms with E-state index in [1.165, 1.54) is 7.05 Å². The Hall–Kier alpha value is -4.43. The van der Waals surface area contributed by atoms with Gasteiger partial charge in [0.05, 0.1) is 23.2 Å². The van der Waals surface area contributed by atoms with E-state index in [4.69, 9.17) is 4.74 Å². The first-order valence-electron chi connectivity index (χ1n) is 11.5. The molecule has 0 saturated carbocycles. The van der Waals surface area contributed by atoms with E-state index in [0.717, 1.165) is 21.7 Å². The van der Waals surface area contributed by atoms with Crippen molar-refractivity contribution in [1.29, 1.82) is 0 Å². The summed E-state index contributed by atoms with van der Waals surface area (Å²) >= 11 is 0. The average Bonchev–Trinajstić information content (AvgIpc) is 2.92. The Morgan fingerprint density at radius 2 is 1.43 bits per heavy atom. The van der Waals surface area contributed by atoms with Crippen LogP contribution in [0.4, 0.5) is 11.4 Å². The lowest BCUT2D eigenvalue weighted by Gasteiger charge is -2.22. The van der Waals surface area contributed by atoms with E-state index in [0.29, 0.717) is 28.1 Å². The van der Waals surface area contributed by atoms with E-state index in [1.807, 2.05) is 30.3 Å². The summed E-state index contributed by atoms with van der Waals surface area (Å²) < 4.78 is 31.1. The van der Waals surface area contributed by atoms with Crippen molar-refractivity contribution < 1.29 is 22.7 Å². The Kier molecular flexibility index (Phi) is 7.69. The van der Waals surface area contributed by atoms with Crippen LogP contribution in [0.1, 0.15) is 26.3 Å². The number of hydrogen-bond acceptors (Lipinski definition) is 5. The molecule has 7 nitrogen and oxygen atoms in total. The smallest absolute Gasteiger partial charge is 0.338 e. The predicted octanol–water partition coefficient (Wildman–Crippen LogP) is 5.36. The molecule has 188 valence electrons. The Morgan fingerprint density at radius 3 is 2.11 bits per heavy atom. The minimum atomic E-state index is -3.58. The monoisotopic (exact) mass is 514 g/mol. The highest BCUT2D eigenvalue weighted by atomic mass is 32.2. The maximum Gasteiger partial charge on any atom is 0.338 e. The fraction of sp³-hybridized carbons (Fsp3) is 0.103. The highest BCUT2D eigenvalue weighted by Crippen LogP contribution is 2.33. The summed E-state index contributed by atoms with van der Waals surface area (Å²) in [5.74, 6) is -0.955. The van der Waals surface area contributed by atoms with Gasteiger partial charge in [0.2, 0.25) is 10.0 Å². The van der Waals surface area contributed by atoms with Crippen molar-refractivity contribution in [3.8, 4) is 11.1 Å². The van der Waals surface area contributed by atoms with Gasteiger partial charge in [-0.05, 0) is 41.5 Å². The maximum absolute atomic E-state index is 13.4. The fourth-order valence-electron chi connectivity index (χ4n) is 3.76. The minimum absolute atomic E-state index is 0.0997. The summed E-state index contributed by atoms with van der Waals surface area (Å²) in [6.45, 7) is -0.0997. The van der Waals surface area contributed by atoms with Crippen LogP contribution in [-0.4, -0.2) is 33.6 Å². The standard InChI is InChI=1S/C29H26N2O5S/c1-31(37(2,34)35)27-18-17-23(21-11-5-3-6-12-21)19-26(27)30-28(32)25-16-10-9-15-24(25)20-36-29(33)22-13-7-4-8-14-22/h3-19H,20H2,1-2H3,(H,30,32). The van der Waals surface area contributed by atoms with Gasteiger partial charge in [0.1, 0.15) is 6.61 Å². The second-order valence-corrected chi connectivity index (χ2v) is 10.4. The van der Waals surface area contributed by atoms with Crippen LogP contribution in [0.25, 0.3) is 11.1 Å². The second kappa shape index (κ2) is 11.1. The van der Waals surface area contributed by atoms with Gasteiger partial charge in [-0.2, -0.15) is 0 Å². The first-order valence-corrected chi connectivity index (χ1v) is 13.3. The fourth-order valence-corrected chi connectivity index (χ4v) is 4.27. The number of carbonyl (C=O) groups is 2. The molecule has 4 aromatic rings. The summed E-state index contributed by atoms with van der Waals surface area (Å²) in [6.07, 6.45) is 1.10. The minimum Gasteiger partial charge on any atom is -0.457 e. The van der Waals surface area contributed by atoms with Crippen molar-refractivity contribution >= 4 is 33.3 Å². The molecular weight excluding hydrogens is 488 g/mol. The first-order chi connectivity index (χ1) is 17.7. The number of nitrogens with zero attached hydrogens (tertiary/aromatic N) is 1. The summed E-state index contributed by atoms with van der Waals surface area (Å²) in [5, 5.41) is 2.86. The summed E-state index contributed by atoms with van der Waals surface area (Å²) in [5.41, 5.74) is 3.61. The van der Waals surface area contributed by atoms with E-state index in [9.17, 15) is 18.0 Å². The van der Waals surface area contributed by atoms with Crippen LogP contribution in [0.2, 0.25) is 0 Å². The number of esters is 1. The number of carbonyl (C=O) groups excluding carboxylic acids is 2. The largest absolute Gasteiger partial charge is 0.457 e. The van der Waals surface area contributed by atoms with Crippen molar-refractivity contribution in [3.05, 3.63) is 120 Å². The van der Waals surface area contributed by atoms with Crippen LogP contribution in [0.5, 0.6) is 0 Å². The quantitative estimate of drug-likeness (QED) is 0.320. The average molecular weight is 515 g/mol. The lowest BCUT2D eigenvalue weighted by molar-refractivity contribution is 0.0470. The van der Waals surface area contributed by atoms with Crippen LogP contribution in [0.15, 0.2) is 103 Å². The van der Waals surface area contributed by atoms with Gasteiger partial charge >= 0.3 is 5.97 Å². The molecule has 4 aromatic carbocycles. The Labute approximate surface area is 216 Å². The van der Waals surface area contributed by atoms with E-state index in [-0.39, 0.29) is 6.61 Å². The van der Waals surface area contributed by atoms with Gasteiger partial charge in [0.25, 0.3) is 5.91 Å². The van der Waals surface area contributed by atoms with Gasteiger partial charge < -0.3 is 10.1 Å². The summed E-state index contributed by atoms with van der Waals surface area (Å²) in [4.78, 5) is 25.8. The third-order valence-corrected chi connectivity index (χ3v) is 7.01. The number of sulfonamides is 1. The van der Waals surface area contributed by atoms with Gasteiger partial charge in [0.15, 0.2) is 0 Å². The molecule has 1 amide bonds. The molecule has 8 heteroatoms. The molecule has 0 fully saturated rings. The highest BCUT2D eigenvalue weighted by molar-refractivity contribution is 7.92. The molecule has 0 unspecified atom stereocenters. The van der Waals surface area contributed by atoms with Crippen LogP contribution < -0.4 is 9.62 Å². The summed E-state index contributed by atoms with van der Waals surface area (Å²) in [6, 6.07) is 30.1. The molecule has 37 heavy (non-hydrogen) atoms. The normalized spacial score (nSPS) is 11.0. The predicted molar refractivity (Wildman–Crippen MR) is 145 cm³/mol.